The lowest BCUT2D eigenvalue weighted by Gasteiger charge is -2.67. The normalized spacial score (nSPS) is 41.3. The van der Waals surface area contributed by atoms with Crippen LogP contribution < -0.4 is 0 Å². The van der Waals surface area contributed by atoms with E-state index in [4.69, 9.17) is 4.74 Å². The maximum absolute atomic E-state index is 13.2. The predicted octanol–water partition coefficient (Wildman–Crippen LogP) is 10.6. The van der Waals surface area contributed by atoms with Gasteiger partial charge in [0, 0.05) is 0 Å². The Morgan fingerprint density at radius 1 is 0.930 bits per heavy atom. The van der Waals surface area contributed by atoms with Crippen LogP contribution in [-0.4, -0.2) is 23.1 Å². The summed E-state index contributed by atoms with van der Waals surface area (Å²) in [5.41, 5.74) is 3.18. The number of esters is 1. The van der Waals surface area contributed by atoms with Crippen LogP contribution in [0.15, 0.2) is 35.9 Å². The van der Waals surface area contributed by atoms with Crippen LogP contribution in [-0.2, 0) is 4.74 Å². The van der Waals surface area contributed by atoms with E-state index in [2.05, 4.69) is 40.7 Å². The van der Waals surface area contributed by atoms with Gasteiger partial charge in [-0.2, -0.15) is 0 Å². The number of hydrogen-bond acceptors (Lipinski definition) is 3. The van der Waals surface area contributed by atoms with Crippen LogP contribution in [0.25, 0.3) is 0 Å². The summed E-state index contributed by atoms with van der Waals surface area (Å²) in [7, 11) is 0. The minimum Gasteiger partial charge on any atom is -0.478 e. The maximum atomic E-state index is 13.2. The van der Waals surface area contributed by atoms with Crippen molar-refractivity contribution in [2.24, 2.45) is 51.8 Å². The van der Waals surface area contributed by atoms with E-state index < -0.39 is 11.9 Å². The Bertz CT molecular complexity index is 1200. The van der Waals surface area contributed by atoms with E-state index in [1.165, 1.54) is 63.9 Å². The predicted molar refractivity (Wildman–Crippen MR) is 176 cm³/mol. The zero-order valence-corrected chi connectivity index (χ0v) is 27.4. The van der Waals surface area contributed by atoms with Gasteiger partial charge in [0.25, 0.3) is 0 Å². The van der Waals surface area contributed by atoms with Gasteiger partial charge in [-0.1, -0.05) is 92.5 Å². The van der Waals surface area contributed by atoms with E-state index in [1.54, 1.807) is 18.2 Å². The number of allylic oxidation sites excluding steroid dienone is 2. The van der Waals surface area contributed by atoms with Crippen molar-refractivity contribution >= 4 is 11.9 Å². The lowest BCUT2D eigenvalue weighted by atomic mass is 9.38. The quantitative estimate of drug-likeness (QED) is 0.279. The van der Waals surface area contributed by atoms with Crippen LogP contribution in [0.3, 0.4) is 0 Å². The fourth-order valence-corrected chi connectivity index (χ4v) is 11.6. The van der Waals surface area contributed by atoms with Crippen molar-refractivity contribution < 1.29 is 19.4 Å². The van der Waals surface area contributed by atoms with Gasteiger partial charge in [-0.15, -0.1) is 0 Å². The first kappa shape index (κ1) is 33.8. The highest BCUT2D eigenvalue weighted by Gasteiger charge is 2.63. The van der Waals surface area contributed by atoms with E-state index in [9.17, 15) is 14.7 Å². The number of ether oxygens (including phenoxy) is 1. The van der Waals surface area contributed by atoms with Crippen LogP contribution in [0.4, 0.5) is 0 Å². The topological polar surface area (TPSA) is 63.6 Å². The van der Waals surface area contributed by atoms with Gasteiger partial charge < -0.3 is 9.84 Å². The first-order valence-corrected chi connectivity index (χ1v) is 17.3. The van der Waals surface area contributed by atoms with Gasteiger partial charge in [-0.25, -0.2) is 9.59 Å². The fourth-order valence-electron chi connectivity index (χ4n) is 11.6. The number of hydrogen-bond donors (Lipinski definition) is 1. The van der Waals surface area contributed by atoms with E-state index in [-0.39, 0.29) is 36.0 Å². The number of carboxylic acid groups (broad SMARTS) is 1. The average Bonchev–Trinajstić information content (AvgIpc) is 2.99. The third-order valence-electron chi connectivity index (χ3n) is 13.6. The Hall–Kier alpha value is -2.10. The van der Waals surface area contributed by atoms with Gasteiger partial charge in [-0.05, 0) is 122 Å². The standard InChI is InChI=1S/C36H50O4.C2H6.CH4/c1-6-36-18-9-10-22(2)31(36)26-13-14-30-34(4)20-17-29(40-33(39)25-12-8-7-11-24(25)32(37)38)23(3)27(34)15-19-35(30,5)28(26)16-21-36;1-2;/h7-8,11-13,22-23,27-31H,6,9-10,14-21H2,1-5H3,(H,37,38);1-2H3;1H4. The summed E-state index contributed by atoms with van der Waals surface area (Å²) in [5.74, 6) is 2.21. The molecule has 4 heteroatoms. The fraction of sp³-hybridized carbons (Fsp3) is 0.744. The Balaban J connectivity index is 0.00000138. The summed E-state index contributed by atoms with van der Waals surface area (Å²) < 4.78 is 6.10. The zero-order valence-electron chi connectivity index (χ0n) is 27.4. The molecule has 5 aliphatic rings. The molecule has 43 heavy (non-hydrogen) atoms. The van der Waals surface area contributed by atoms with Crippen LogP contribution in [0.5, 0.6) is 0 Å². The number of carboxylic acids is 1. The molecule has 1 N–H and O–H groups in total. The Morgan fingerprint density at radius 3 is 2.28 bits per heavy atom. The molecule has 0 spiro atoms. The second-order valence-electron chi connectivity index (χ2n) is 15.0. The molecule has 10 atom stereocenters. The van der Waals surface area contributed by atoms with Gasteiger partial charge in [0.2, 0.25) is 0 Å². The molecule has 4 nitrogen and oxygen atoms in total. The molecule has 0 aromatic heterocycles. The third-order valence-corrected chi connectivity index (χ3v) is 13.6. The maximum Gasteiger partial charge on any atom is 0.339 e. The number of fused-ring (bicyclic) bond motifs is 7. The van der Waals surface area contributed by atoms with Crippen molar-refractivity contribution in [2.75, 3.05) is 0 Å². The number of carbonyl (C=O) groups is 2. The molecule has 0 amide bonds. The molecule has 0 radical (unpaired) electrons. The van der Waals surface area contributed by atoms with Crippen molar-refractivity contribution in [3.63, 3.8) is 0 Å². The number of rotatable bonds is 4. The second-order valence-corrected chi connectivity index (χ2v) is 15.0. The summed E-state index contributed by atoms with van der Waals surface area (Å²) in [6, 6.07) is 6.42. The van der Waals surface area contributed by atoms with Gasteiger partial charge >= 0.3 is 11.9 Å². The largest absolute Gasteiger partial charge is 0.478 e. The van der Waals surface area contributed by atoms with Gasteiger partial charge in [0.05, 0.1) is 11.1 Å². The Kier molecular flexibility index (Phi) is 9.99. The van der Waals surface area contributed by atoms with Crippen molar-refractivity contribution in [3.8, 4) is 0 Å². The van der Waals surface area contributed by atoms with E-state index >= 15 is 0 Å². The SMILES string of the molecule is C.CC.CCC12CCCC(C)C1C1=CCC3C(C)(CCC4C(C)C(OC(=O)c5ccccc5C(=O)O)CCC43C)C1CC2. The van der Waals surface area contributed by atoms with E-state index in [1.807, 2.05) is 19.4 Å². The van der Waals surface area contributed by atoms with Crippen LogP contribution in [0.1, 0.15) is 147 Å². The molecule has 6 rings (SSSR count). The lowest BCUT2D eigenvalue weighted by molar-refractivity contribution is -0.158. The minimum atomic E-state index is -1.09. The molecule has 0 bridgehead atoms. The molecule has 4 saturated carbocycles. The summed E-state index contributed by atoms with van der Waals surface area (Å²) in [4.78, 5) is 24.9. The number of benzene rings is 1. The molecule has 4 fully saturated rings. The number of aromatic carboxylic acids is 1. The van der Waals surface area contributed by atoms with E-state index in [0.29, 0.717) is 22.7 Å². The third kappa shape index (κ3) is 5.31. The highest BCUT2D eigenvalue weighted by Crippen LogP contribution is 2.70. The molecule has 1 aromatic carbocycles. The van der Waals surface area contributed by atoms with Crippen LogP contribution in [0.2, 0.25) is 0 Å². The average molecular weight is 593 g/mol. The van der Waals surface area contributed by atoms with Crippen LogP contribution in [0, 0.1) is 51.8 Å². The summed E-state index contributed by atoms with van der Waals surface area (Å²) in [6.45, 7) is 16.5. The van der Waals surface area contributed by atoms with Crippen molar-refractivity contribution in [1.82, 2.24) is 0 Å². The monoisotopic (exact) mass is 592 g/mol. The molecule has 5 aliphatic carbocycles. The number of carbonyl (C=O) groups excluding carboxylic acids is 1. The summed E-state index contributed by atoms with van der Waals surface area (Å²) in [6.07, 6.45) is 16.6. The van der Waals surface area contributed by atoms with E-state index in [0.717, 1.165) is 30.6 Å². The first-order valence-electron chi connectivity index (χ1n) is 17.3. The highest BCUT2D eigenvalue weighted by molar-refractivity contribution is 6.02. The highest BCUT2D eigenvalue weighted by atomic mass is 16.5. The summed E-state index contributed by atoms with van der Waals surface area (Å²) in [5, 5.41) is 9.57. The molecule has 0 aliphatic heterocycles. The molecule has 10 unspecified atom stereocenters. The van der Waals surface area contributed by atoms with Crippen molar-refractivity contribution in [3.05, 3.63) is 47.0 Å². The molecule has 1 aromatic rings. The Labute approximate surface area is 262 Å². The smallest absolute Gasteiger partial charge is 0.339 e. The van der Waals surface area contributed by atoms with Gasteiger partial charge in [0.1, 0.15) is 6.10 Å². The summed E-state index contributed by atoms with van der Waals surface area (Å²) >= 11 is 0. The molecule has 0 heterocycles. The van der Waals surface area contributed by atoms with Crippen LogP contribution >= 0.6 is 0 Å². The molecule has 0 saturated heterocycles. The second kappa shape index (κ2) is 12.7. The first-order chi connectivity index (χ1) is 20.1. The zero-order chi connectivity index (χ0) is 30.4. The van der Waals surface area contributed by atoms with Crippen molar-refractivity contribution in [2.45, 2.75) is 133 Å². The Morgan fingerprint density at radius 2 is 1.60 bits per heavy atom. The van der Waals surface area contributed by atoms with Gasteiger partial charge in [0.15, 0.2) is 0 Å². The molecule has 240 valence electrons. The minimum absolute atomic E-state index is 0. The molecular weight excluding hydrogens is 532 g/mol. The van der Waals surface area contributed by atoms with Crippen molar-refractivity contribution in [1.29, 1.82) is 0 Å². The lowest BCUT2D eigenvalue weighted by Crippen LogP contribution is -2.60. The molecular formula is C39H60O4. The van der Waals surface area contributed by atoms with Gasteiger partial charge in [-0.3, -0.25) is 0 Å².